The third-order valence-electron chi connectivity index (χ3n) is 2.90. The normalized spacial score (nSPS) is 10.3. The summed E-state index contributed by atoms with van der Waals surface area (Å²) in [7, 11) is 0. The number of hydrogen-bond acceptors (Lipinski definition) is 2. The first kappa shape index (κ1) is 12.4. The van der Waals surface area contributed by atoms with Crippen molar-refractivity contribution in [2.45, 2.75) is 19.8 Å². The van der Waals surface area contributed by atoms with Crippen LogP contribution in [0.15, 0.2) is 48.5 Å². The van der Waals surface area contributed by atoms with Crippen LogP contribution in [0.2, 0.25) is 0 Å². The summed E-state index contributed by atoms with van der Waals surface area (Å²) in [6, 6.07) is 15.6. The van der Waals surface area contributed by atoms with Gasteiger partial charge in [0, 0.05) is 18.5 Å². The first-order valence-electron chi connectivity index (χ1n) is 6.05. The fourth-order valence-electron chi connectivity index (χ4n) is 1.86. The Balaban J connectivity index is 1.96. The summed E-state index contributed by atoms with van der Waals surface area (Å²) in [6.07, 6.45) is 0.957. The van der Waals surface area contributed by atoms with Gasteiger partial charge in [-0.05, 0) is 30.2 Å². The molecule has 2 aromatic rings. The number of ketones is 1. The zero-order valence-electron chi connectivity index (χ0n) is 10.5. The number of Topliss-reactive ketones (excluding diaryl/α,β-unsaturated/α-hetero) is 1. The molecule has 92 valence electrons. The third kappa shape index (κ3) is 3.45. The molecule has 0 aromatic heterocycles. The predicted molar refractivity (Wildman–Crippen MR) is 74.4 cm³/mol. The molecule has 0 spiro atoms. The highest BCUT2D eigenvalue weighted by molar-refractivity contribution is 5.83. The Morgan fingerprint density at radius 3 is 1.83 bits per heavy atom. The van der Waals surface area contributed by atoms with Gasteiger partial charge in [-0.15, -0.1) is 0 Å². The Labute approximate surface area is 107 Å². The van der Waals surface area contributed by atoms with Gasteiger partial charge in [0.25, 0.3) is 0 Å². The summed E-state index contributed by atoms with van der Waals surface area (Å²) in [6.45, 7) is 2.04. The number of carbonyl (C=O) groups excluding carboxylic acids is 1. The molecule has 2 rings (SSSR count). The largest absolute Gasteiger partial charge is 0.399 e. The first-order chi connectivity index (χ1) is 8.63. The average Bonchev–Trinajstić information content (AvgIpc) is 2.35. The van der Waals surface area contributed by atoms with Gasteiger partial charge in [0.05, 0.1) is 0 Å². The van der Waals surface area contributed by atoms with E-state index >= 15 is 0 Å². The highest BCUT2D eigenvalue weighted by atomic mass is 16.1. The number of rotatable bonds is 4. The van der Waals surface area contributed by atoms with Gasteiger partial charge in [0.2, 0.25) is 0 Å². The predicted octanol–water partition coefficient (Wildman–Crippen LogP) is 2.93. The van der Waals surface area contributed by atoms with Crippen LogP contribution in [0.3, 0.4) is 0 Å². The maximum absolute atomic E-state index is 11.9. The molecule has 0 atom stereocenters. The van der Waals surface area contributed by atoms with Crippen molar-refractivity contribution in [1.29, 1.82) is 0 Å². The summed E-state index contributed by atoms with van der Waals surface area (Å²) < 4.78 is 0. The van der Waals surface area contributed by atoms with E-state index in [1.54, 1.807) is 0 Å². The SMILES string of the molecule is Cc1ccc(CC(=O)Cc2ccc(N)cc2)cc1. The van der Waals surface area contributed by atoms with Gasteiger partial charge in [-0.25, -0.2) is 0 Å². The Morgan fingerprint density at radius 1 is 0.889 bits per heavy atom. The lowest BCUT2D eigenvalue weighted by atomic mass is 10.0. The number of aryl methyl sites for hydroxylation is 1. The zero-order valence-corrected chi connectivity index (χ0v) is 10.5. The maximum atomic E-state index is 11.9. The summed E-state index contributed by atoms with van der Waals surface area (Å²) in [5.41, 5.74) is 9.64. The molecule has 2 nitrogen and oxygen atoms in total. The Hall–Kier alpha value is -2.09. The van der Waals surface area contributed by atoms with E-state index < -0.39 is 0 Å². The van der Waals surface area contributed by atoms with E-state index in [9.17, 15) is 4.79 Å². The van der Waals surface area contributed by atoms with Crippen LogP contribution in [0.5, 0.6) is 0 Å². The lowest BCUT2D eigenvalue weighted by molar-refractivity contribution is -0.117. The fraction of sp³-hybridized carbons (Fsp3) is 0.188. The standard InChI is InChI=1S/C16H17NO/c1-12-2-4-13(5-3-12)10-16(18)11-14-6-8-15(17)9-7-14/h2-9H,10-11,17H2,1H3. The van der Waals surface area contributed by atoms with E-state index in [1.165, 1.54) is 5.56 Å². The second-order valence-corrected chi connectivity index (χ2v) is 4.62. The molecule has 0 saturated carbocycles. The van der Waals surface area contributed by atoms with Crippen LogP contribution in [-0.2, 0) is 17.6 Å². The van der Waals surface area contributed by atoms with Crippen molar-refractivity contribution in [1.82, 2.24) is 0 Å². The zero-order chi connectivity index (χ0) is 13.0. The minimum atomic E-state index is 0.226. The summed E-state index contributed by atoms with van der Waals surface area (Å²) in [5.74, 6) is 0.226. The maximum Gasteiger partial charge on any atom is 0.141 e. The van der Waals surface area contributed by atoms with Crippen molar-refractivity contribution in [2.24, 2.45) is 0 Å². The van der Waals surface area contributed by atoms with E-state index in [-0.39, 0.29) is 5.78 Å². The molecule has 2 aromatic carbocycles. The molecule has 0 aliphatic carbocycles. The van der Waals surface area contributed by atoms with Crippen LogP contribution in [0.25, 0.3) is 0 Å². The number of hydrogen-bond donors (Lipinski definition) is 1. The number of nitrogens with two attached hydrogens (primary N) is 1. The minimum Gasteiger partial charge on any atom is -0.399 e. The second-order valence-electron chi connectivity index (χ2n) is 4.62. The second kappa shape index (κ2) is 5.50. The molecule has 0 unspecified atom stereocenters. The monoisotopic (exact) mass is 239 g/mol. The van der Waals surface area contributed by atoms with Crippen LogP contribution in [-0.4, -0.2) is 5.78 Å². The van der Waals surface area contributed by atoms with Gasteiger partial charge < -0.3 is 5.73 Å². The van der Waals surface area contributed by atoms with E-state index in [1.807, 2.05) is 55.5 Å². The Bertz CT molecular complexity index is 477. The van der Waals surface area contributed by atoms with Gasteiger partial charge in [0.1, 0.15) is 5.78 Å². The summed E-state index contributed by atoms with van der Waals surface area (Å²) in [5, 5.41) is 0. The van der Waals surface area contributed by atoms with E-state index in [2.05, 4.69) is 0 Å². The molecule has 0 aliphatic rings. The summed E-state index contributed by atoms with van der Waals surface area (Å²) >= 11 is 0. The molecular formula is C16H17NO. The van der Waals surface area contributed by atoms with Crippen LogP contribution < -0.4 is 5.73 Å². The van der Waals surface area contributed by atoms with Gasteiger partial charge in [-0.3, -0.25) is 4.79 Å². The van der Waals surface area contributed by atoms with Gasteiger partial charge in [-0.2, -0.15) is 0 Å². The van der Waals surface area contributed by atoms with Crippen molar-refractivity contribution in [3.8, 4) is 0 Å². The van der Waals surface area contributed by atoms with Crippen LogP contribution in [0, 0.1) is 6.92 Å². The summed E-state index contributed by atoms with van der Waals surface area (Å²) in [4.78, 5) is 11.9. The number of nitrogen functional groups attached to an aromatic ring is 1. The van der Waals surface area contributed by atoms with E-state index in [0.29, 0.717) is 12.8 Å². The van der Waals surface area contributed by atoms with Crippen molar-refractivity contribution >= 4 is 11.5 Å². The molecule has 0 bridgehead atoms. The van der Waals surface area contributed by atoms with Crippen molar-refractivity contribution in [3.63, 3.8) is 0 Å². The minimum absolute atomic E-state index is 0.226. The average molecular weight is 239 g/mol. The highest BCUT2D eigenvalue weighted by Gasteiger charge is 2.05. The first-order valence-corrected chi connectivity index (χ1v) is 6.05. The number of anilines is 1. The molecule has 0 saturated heterocycles. The van der Waals surface area contributed by atoms with Gasteiger partial charge in [0.15, 0.2) is 0 Å². The van der Waals surface area contributed by atoms with Crippen molar-refractivity contribution < 1.29 is 4.79 Å². The molecule has 0 fully saturated rings. The molecule has 0 heterocycles. The van der Waals surface area contributed by atoms with Crippen molar-refractivity contribution in [2.75, 3.05) is 5.73 Å². The topological polar surface area (TPSA) is 43.1 Å². The van der Waals surface area contributed by atoms with Gasteiger partial charge in [-0.1, -0.05) is 42.0 Å². The smallest absolute Gasteiger partial charge is 0.141 e. The number of carbonyl (C=O) groups is 1. The molecule has 18 heavy (non-hydrogen) atoms. The molecule has 0 amide bonds. The van der Waals surface area contributed by atoms with Crippen molar-refractivity contribution in [3.05, 3.63) is 65.2 Å². The number of benzene rings is 2. The van der Waals surface area contributed by atoms with E-state index in [4.69, 9.17) is 5.73 Å². The van der Waals surface area contributed by atoms with Crippen LogP contribution in [0.1, 0.15) is 16.7 Å². The lowest BCUT2D eigenvalue weighted by Crippen LogP contribution is -2.06. The molecular weight excluding hydrogens is 222 g/mol. The Morgan fingerprint density at radius 2 is 1.33 bits per heavy atom. The van der Waals surface area contributed by atoms with Gasteiger partial charge >= 0.3 is 0 Å². The molecule has 0 radical (unpaired) electrons. The molecule has 0 aliphatic heterocycles. The van der Waals surface area contributed by atoms with Crippen LogP contribution in [0.4, 0.5) is 5.69 Å². The molecule has 2 N–H and O–H groups in total. The Kier molecular flexibility index (Phi) is 3.78. The van der Waals surface area contributed by atoms with Crippen LogP contribution >= 0.6 is 0 Å². The lowest BCUT2D eigenvalue weighted by Gasteiger charge is -2.03. The van der Waals surface area contributed by atoms with E-state index in [0.717, 1.165) is 16.8 Å². The fourth-order valence-corrected chi connectivity index (χ4v) is 1.86. The quantitative estimate of drug-likeness (QED) is 0.834. The molecule has 2 heteroatoms. The third-order valence-corrected chi connectivity index (χ3v) is 2.90. The highest BCUT2D eigenvalue weighted by Crippen LogP contribution is 2.09.